The lowest BCUT2D eigenvalue weighted by atomic mass is 10.1. The van der Waals surface area contributed by atoms with Gasteiger partial charge in [0.25, 0.3) is 0 Å². The topological polar surface area (TPSA) is 91.2 Å². The molecule has 8 nitrogen and oxygen atoms in total. The molecule has 0 aliphatic heterocycles. The maximum atomic E-state index is 12.9. The molecule has 0 bridgehead atoms. The van der Waals surface area contributed by atoms with Gasteiger partial charge in [-0.2, -0.15) is 13.2 Å². The highest BCUT2D eigenvalue weighted by Gasteiger charge is 2.44. The van der Waals surface area contributed by atoms with Crippen molar-refractivity contribution in [3.8, 4) is 11.5 Å². The van der Waals surface area contributed by atoms with E-state index in [9.17, 15) is 22.8 Å². The third-order valence-electron chi connectivity index (χ3n) is 5.19. The van der Waals surface area contributed by atoms with E-state index in [1.807, 2.05) is 37.3 Å². The molecule has 2 aromatic carbocycles. The highest BCUT2D eigenvalue weighted by molar-refractivity contribution is 7.07. The number of aromatic amines is 1. The highest BCUT2D eigenvalue weighted by atomic mass is 32.1. The molecule has 0 fully saturated rings. The Labute approximate surface area is 195 Å². The van der Waals surface area contributed by atoms with Crippen LogP contribution in [0, 0.1) is 0 Å². The van der Waals surface area contributed by atoms with Crippen LogP contribution in [0.1, 0.15) is 18.5 Å². The van der Waals surface area contributed by atoms with Gasteiger partial charge < -0.3 is 10.2 Å². The fourth-order valence-corrected chi connectivity index (χ4v) is 3.79. The van der Waals surface area contributed by atoms with E-state index in [-0.39, 0.29) is 23.1 Å². The first-order valence-electron chi connectivity index (χ1n) is 9.99. The van der Waals surface area contributed by atoms with E-state index in [2.05, 4.69) is 20.1 Å². The lowest BCUT2D eigenvalue weighted by molar-refractivity contribution is -0.841. The number of aromatic nitrogens is 3. The number of hydrogen-bond acceptors (Lipinski definition) is 5. The van der Waals surface area contributed by atoms with Gasteiger partial charge in [-0.05, 0) is 29.4 Å². The van der Waals surface area contributed by atoms with Gasteiger partial charge in [0.1, 0.15) is 0 Å². The van der Waals surface area contributed by atoms with Crippen molar-refractivity contribution in [3.05, 3.63) is 65.0 Å². The fourth-order valence-electron chi connectivity index (χ4n) is 3.25. The summed E-state index contributed by atoms with van der Waals surface area (Å²) in [6.07, 6.45) is -5.20. The fraction of sp³-hybridized carbons (Fsp3) is 0.182. The van der Waals surface area contributed by atoms with Gasteiger partial charge in [0.15, 0.2) is 11.2 Å². The molecule has 0 spiro atoms. The highest BCUT2D eigenvalue weighted by Crippen LogP contribution is 2.24. The number of anilines is 1. The Kier molecular flexibility index (Phi) is 6.24. The summed E-state index contributed by atoms with van der Waals surface area (Å²) < 4.78 is 39.4. The molecule has 12 heteroatoms. The van der Waals surface area contributed by atoms with Crippen molar-refractivity contribution in [1.82, 2.24) is 14.9 Å². The largest absolute Gasteiger partial charge is 0.495 e. The molecule has 0 unspecified atom stereocenters. The Morgan fingerprint density at radius 3 is 2.59 bits per heavy atom. The summed E-state index contributed by atoms with van der Waals surface area (Å²) >= 11 is 1.22. The summed E-state index contributed by atoms with van der Waals surface area (Å²) in [6.45, 7) is 1.87. The van der Waals surface area contributed by atoms with Crippen LogP contribution in [0.3, 0.4) is 0 Å². The molecule has 2 heterocycles. The van der Waals surface area contributed by atoms with Gasteiger partial charge >= 0.3 is 24.0 Å². The number of halogens is 3. The number of benzene rings is 2. The Bertz CT molecular complexity index is 1320. The van der Waals surface area contributed by atoms with Crippen molar-refractivity contribution in [2.24, 2.45) is 0 Å². The average molecular weight is 490 g/mol. The van der Waals surface area contributed by atoms with Crippen molar-refractivity contribution >= 4 is 40.1 Å². The normalized spacial score (nSPS) is 12.4. The standard InChI is InChI=1S/C22H18F3N5O3S/c1-13(14-6-4-3-5-7-14)29(2)21(32)27-15-8-9-16-18(10-15)30(33-20(31)22(23,24)25)19(28-16)17-11-34-12-26-17/h3-13H,1-2H3,(H,27,32)/p+1/t13-/m1/s1. The van der Waals surface area contributed by atoms with Crippen molar-refractivity contribution in [3.63, 3.8) is 0 Å². The van der Waals surface area contributed by atoms with Crippen LogP contribution in [-0.4, -0.2) is 40.1 Å². The first kappa shape index (κ1) is 23.2. The van der Waals surface area contributed by atoms with Crippen LogP contribution in [0.5, 0.6) is 0 Å². The van der Waals surface area contributed by atoms with Crippen LogP contribution >= 0.6 is 11.3 Å². The summed E-state index contributed by atoms with van der Waals surface area (Å²) in [4.78, 5) is 37.5. The number of hydrogen-bond donors (Lipinski definition) is 2. The SMILES string of the molecule is C[C@H](c1ccccc1)N(C)C(=O)Nc1ccc2[nH]c(-c3cscn3)[n+](OC(=O)C(F)(F)F)c2c1. The smallest absolute Gasteiger partial charge is 0.321 e. The second-order valence-corrected chi connectivity index (χ2v) is 8.10. The van der Waals surface area contributed by atoms with Crippen LogP contribution in [0.15, 0.2) is 59.4 Å². The molecule has 4 aromatic rings. The van der Waals surface area contributed by atoms with E-state index in [0.29, 0.717) is 11.2 Å². The van der Waals surface area contributed by atoms with Crippen LogP contribution in [-0.2, 0) is 4.79 Å². The Balaban J connectivity index is 1.65. The minimum atomic E-state index is -5.20. The van der Waals surface area contributed by atoms with Gasteiger partial charge in [0.2, 0.25) is 5.52 Å². The Hall–Kier alpha value is -3.93. The number of carbonyl (C=O) groups is 2. The van der Waals surface area contributed by atoms with Crippen molar-refractivity contribution in [2.75, 3.05) is 12.4 Å². The second-order valence-electron chi connectivity index (χ2n) is 7.38. The van der Waals surface area contributed by atoms with Gasteiger partial charge in [-0.25, -0.2) is 24.4 Å². The molecule has 2 aromatic heterocycles. The minimum Gasteiger partial charge on any atom is -0.321 e. The average Bonchev–Trinajstić information content (AvgIpc) is 3.46. The molecule has 0 saturated carbocycles. The number of amides is 2. The number of H-pyrrole nitrogens is 1. The number of fused-ring (bicyclic) bond motifs is 1. The van der Waals surface area contributed by atoms with E-state index in [1.165, 1.54) is 27.8 Å². The van der Waals surface area contributed by atoms with Crippen LogP contribution < -0.4 is 14.9 Å². The molecule has 176 valence electrons. The first-order chi connectivity index (χ1) is 16.1. The molecule has 2 amide bonds. The quantitative estimate of drug-likeness (QED) is 0.408. The minimum absolute atomic E-state index is 0.0483. The molecule has 1 atom stereocenters. The Morgan fingerprint density at radius 2 is 1.94 bits per heavy atom. The van der Waals surface area contributed by atoms with Crippen LogP contribution in [0.2, 0.25) is 0 Å². The predicted octanol–water partition coefficient (Wildman–Crippen LogP) is 4.32. The number of carbonyl (C=O) groups excluding carboxylic acids is 2. The Morgan fingerprint density at radius 1 is 1.21 bits per heavy atom. The lowest BCUT2D eigenvalue weighted by Crippen LogP contribution is -2.51. The number of nitrogens with one attached hydrogen (secondary N) is 2. The molecular weight excluding hydrogens is 471 g/mol. The number of urea groups is 1. The zero-order valence-corrected chi connectivity index (χ0v) is 18.8. The van der Waals surface area contributed by atoms with Gasteiger partial charge in [-0.1, -0.05) is 30.3 Å². The van der Waals surface area contributed by atoms with E-state index in [1.54, 1.807) is 24.6 Å². The number of rotatable bonds is 5. The van der Waals surface area contributed by atoms with E-state index >= 15 is 0 Å². The van der Waals surface area contributed by atoms with Gasteiger partial charge in [0, 0.05) is 24.2 Å². The molecule has 0 radical (unpaired) electrons. The van der Waals surface area contributed by atoms with E-state index < -0.39 is 18.2 Å². The monoisotopic (exact) mass is 490 g/mol. The van der Waals surface area contributed by atoms with Crippen molar-refractivity contribution in [2.45, 2.75) is 19.1 Å². The zero-order valence-electron chi connectivity index (χ0n) is 18.0. The molecule has 4 rings (SSSR count). The zero-order chi connectivity index (χ0) is 24.5. The maximum absolute atomic E-state index is 12.9. The summed E-state index contributed by atoms with van der Waals surface area (Å²) in [7, 11) is 1.63. The van der Waals surface area contributed by atoms with E-state index in [0.717, 1.165) is 10.3 Å². The number of alkyl halides is 3. The van der Waals surface area contributed by atoms with E-state index in [4.69, 9.17) is 0 Å². The van der Waals surface area contributed by atoms with Crippen LogP contribution in [0.4, 0.5) is 23.7 Å². The lowest BCUT2D eigenvalue weighted by Gasteiger charge is -2.25. The third kappa shape index (κ3) is 4.71. The number of nitrogens with zero attached hydrogens (tertiary/aromatic N) is 3. The van der Waals surface area contributed by atoms with Gasteiger partial charge in [-0.3, -0.25) is 0 Å². The molecule has 0 aliphatic rings. The second kappa shape index (κ2) is 9.14. The maximum Gasteiger partial charge on any atom is 0.495 e. The summed E-state index contributed by atoms with van der Waals surface area (Å²) in [6, 6.07) is 13.3. The first-order valence-corrected chi connectivity index (χ1v) is 10.9. The molecule has 0 saturated heterocycles. The molecule has 0 aliphatic carbocycles. The predicted molar refractivity (Wildman–Crippen MR) is 119 cm³/mol. The number of thiazole rings is 1. The summed E-state index contributed by atoms with van der Waals surface area (Å²) in [5.41, 5.74) is 3.50. The third-order valence-corrected chi connectivity index (χ3v) is 5.77. The summed E-state index contributed by atoms with van der Waals surface area (Å²) in [5.74, 6) is -2.34. The van der Waals surface area contributed by atoms with Crippen molar-refractivity contribution < 1.29 is 32.3 Å². The van der Waals surface area contributed by atoms with Crippen molar-refractivity contribution in [1.29, 1.82) is 0 Å². The van der Waals surface area contributed by atoms with Gasteiger partial charge in [-0.15, -0.1) is 11.3 Å². The molecular formula is C22H19F3N5O3S+. The number of imidazole rings is 1. The van der Waals surface area contributed by atoms with Crippen LogP contribution in [0.25, 0.3) is 22.6 Å². The summed E-state index contributed by atoms with van der Waals surface area (Å²) in [5, 5.41) is 4.31. The van der Waals surface area contributed by atoms with Gasteiger partial charge in [0.05, 0.1) is 11.6 Å². The molecule has 34 heavy (non-hydrogen) atoms. The molecule has 2 N–H and O–H groups in total.